The molecule has 1 atom stereocenters. The van der Waals surface area contributed by atoms with Crippen LogP contribution in [0.1, 0.15) is 16.7 Å². The minimum absolute atomic E-state index is 0. The second-order valence-electron chi connectivity index (χ2n) is 7.78. The van der Waals surface area contributed by atoms with E-state index in [1.165, 1.54) is 21.3 Å². The van der Waals surface area contributed by atoms with Gasteiger partial charge in [0, 0.05) is 0 Å². The maximum atomic E-state index is 10.6. The quantitative estimate of drug-likeness (QED) is 0.210. The Morgan fingerprint density at radius 3 is 1.95 bits per heavy atom. The van der Waals surface area contributed by atoms with E-state index in [-0.39, 0.29) is 12.4 Å². The summed E-state index contributed by atoms with van der Waals surface area (Å²) < 4.78 is 21.1. The van der Waals surface area contributed by atoms with Gasteiger partial charge < -0.3 is 36.1 Å². The molecule has 0 saturated heterocycles. The van der Waals surface area contributed by atoms with Gasteiger partial charge in [0.05, 0.1) is 51.8 Å². The fourth-order valence-electron chi connectivity index (χ4n) is 3.39. The molecule has 0 heterocycles. The van der Waals surface area contributed by atoms with Crippen molar-refractivity contribution in [3.63, 3.8) is 0 Å². The number of methoxy groups -OCH3 is 4. The molecule has 202 valence electrons. The van der Waals surface area contributed by atoms with E-state index in [1.807, 2.05) is 36.4 Å². The first-order valence-electron chi connectivity index (χ1n) is 11.2. The van der Waals surface area contributed by atoms with Gasteiger partial charge in [-0.15, -0.1) is 12.4 Å². The van der Waals surface area contributed by atoms with Crippen molar-refractivity contribution in [1.82, 2.24) is 0 Å². The van der Waals surface area contributed by atoms with Gasteiger partial charge in [-0.25, -0.2) is 0 Å². The van der Waals surface area contributed by atoms with Gasteiger partial charge in [-0.1, -0.05) is 36.4 Å². The second kappa shape index (κ2) is 15.7. The van der Waals surface area contributed by atoms with E-state index in [4.69, 9.17) is 36.1 Å². The molecule has 0 spiro atoms. The molecule has 0 fully saturated rings. The van der Waals surface area contributed by atoms with E-state index in [9.17, 15) is 10.1 Å². The Labute approximate surface area is 229 Å². The van der Waals surface area contributed by atoms with Gasteiger partial charge in [0.1, 0.15) is 5.75 Å². The zero-order valence-electron chi connectivity index (χ0n) is 21.8. The van der Waals surface area contributed by atoms with E-state index < -0.39 is 11.9 Å². The summed E-state index contributed by atoms with van der Waals surface area (Å²) in [6.45, 7) is 0. The van der Waals surface area contributed by atoms with Gasteiger partial charge in [-0.2, -0.15) is 5.26 Å². The normalized spacial score (nSPS) is 11.0. The van der Waals surface area contributed by atoms with E-state index in [0.717, 1.165) is 11.1 Å². The Hall–Kier alpha value is -4.39. The fraction of sp³-hybridized carbons (Fsp3) is 0.214. The van der Waals surface area contributed by atoms with Gasteiger partial charge in [0.25, 0.3) is 0 Å². The van der Waals surface area contributed by atoms with Gasteiger partial charge in [-0.3, -0.25) is 4.79 Å². The van der Waals surface area contributed by atoms with Crippen molar-refractivity contribution in [3.05, 3.63) is 77.4 Å². The lowest BCUT2D eigenvalue weighted by Gasteiger charge is -2.14. The number of hydrogen-bond acceptors (Lipinski definition) is 8. The highest BCUT2D eigenvalue weighted by atomic mass is 35.5. The van der Waals surface area contributed by atoms with Crippen LogP contribution < -0.4 is 36.1 Å². The molecule has 0 aliphatic carbocycles. The first-order chi connectivity index (χ1) is 17.8. The lowest BCUT2D eigenvalue weighted by atomic mass is 10.0. The number of halogens is 1. The van der Waals surface area contributed by atoms with Crippen LogP contribution in [0.3, 0.4) is 0 Å². The highest BCUT2D eigenvalue weighted by molar-refractivity contribution is 5.91. The van der Waals surface area contributed by atoms with E-state index in [0.29, 0.717) is 46.2 Å². The van der Waals surface area contributed by atoms with Crippen LogP contribution in [0.15, 0.2) is 60.7 Å². The summed E-state index contributed by atoms with van der Waals surface area (Å²) in [6, 6.07) is 20.0. The van der Waals surface area contributed by atoms with Crippen molar-refractivity contribution in [2.45, 2.75) is 12.5 Å². The predicted octanol–water partition coefficient (Wildman–Crippen LogP) is 3.83. The summed E-state index contributed by atoms with van der Waals surface area (Å²) >= 11 is 0. The van der Waals surface area contributed by atoms with Crippen molar-refractivity contribution < 1.29 is 23.7 Å². The van der Waals surface area contributed by atoms with Crippen LogP contribution in [-0.4, -0.2) is 40.4 Å². The smallest absolute Gasteiger partial charge is 0.234 e. The molecule has 0 bridgehead atoms. The number of benzene rings is 3. The maximum absolute atomic E-state index is 10.6. The molecule has 0 aliphatic heterocycles. The van der Waals surface area contributed by atoms with Crippen LogP contribution in [0, 0.1) is 11.3 Å². The number of rotatable bonds is 9. The molecule has 3 rings (SSSR count). The van der Waals surface area contributed by atoms with Crippen LogP contribution in [-0.2, 0) is 11.2 Å². The van der Waals surface area contributed by atoms with Crippen LogP contribution in [0.5, 0.6) is 23.0 Å². The predicted molar refractivity (Wildman–Crippen MR) is 152 cm³/mol. The monoisotopic (exact) mass is 540 g/mol. The van der Waals surface area contributed by atoms with E-state index >= 15 is 0 Å². The summed E-state index contributed by atoms with van der Waals surface area (Å²) in [5, 5.41) is 9.58. The molecule has 3 aromatic carbocycles. The standard InChI is InChI=1S/C19H20N2O4.C9H12N2O.ClH/c1-22-16-6-5-12(8-15(16)21)7-14(11-20)13-9-17(23-2)19(25-4)18(10-13)24-3;10-8(9(11)12)6-7-4-2-1-3-5-7;/h5-10H,21H2,1-4H3;1-5,8H,6,10H2,(H2,11,12);1H/b14-7-;;/t;8-;/m.0./s1. The molecule has 0 saturated carbocycles. The average Bonchev–Trinajstić information content (AvgIpc) is 2.91. The zero-order valence-corrected chi connectivity index (χ0v) is 22.6. The molecule has 0 aliphatic rings. The summed E-state index contributed by atoms with van der Waals surface area (Å²) in [5.74, 6) is 1.56. The van der Waals surface area contributed by atoms with Crippen molar-refractivity contribution in [3.8, 4) is 29.1 Å². The number of primary amides is 1. The number of nitrogens with zero attached hydrogens (tertiary/aromatic N) is 1. The number of carbonyl (C=O) groups is 1. The molecular formula is C28H33ClN4O5. The van der Waals surface area contributed by atoms with Crippen LogP contribution in [0.25, 0.3) is 11.6 Å². The van der Waals surface area contributed by atoms with Crippen LogP contribution >= 0.6 is 12.4 Å². The number of ether oxygens (including phenoxy) is 4. The second-order valence-corrected chi connectivity index (χ2v) is 7.78. The lowest BCUT2D eigenvalue weighted by Crippen LogP contribution is -2.38. The Balaban J connectivity index is 0.000000468. The minimum atomic E-state index is -0.576. The maximum Gasteiger partial charge on any atom is 0.234 e. The number of nitrogens with two attached hydrogens (primary N) is 3. The zero-order chi connectivity index (χ0) is 27.4. The third kappa shape index (κ3) is 8.62. The van der Waals surface area contributed by atoms with Gasteiger partial charge in [0.2, 0.25) is 11.7 Å². The Morgan fingerprint density at radius 1 is 0.921 bits per heavy atom. The minimum Gasteiger partial charge on any atom is -0.495 e. The molecule has 9 nitrogen and oxygen atoms in total. The van der Waals surface area contributed by atoms with Crippen molar-refractivity contribution in [2.75, 3.05) is 34.2 Å². The largest absolute Gasteiger partial charge is 0.495 e. The van der Waals surface area contributed by atoms with Crippen molar-refractivity contribution in [1.29, 1.82) is 5.26 Å². The average molecular weight is 541 g/mol. The third-order valence-electron chi connectivity index (χ3n) is 5.32. The number of nitrogen functional groups attached to an aromatic ring is 1. The summed E-state index contributed by atoms with van der Waals surface area (Å²) in [6.07, 6.45) is 2.24. The molecule has 38 heavy (non-hydrogen) atoms. The molecule has 1 amide bonds. The topological polar surface area (TPSA) is 156 Å². The third-order valence-corrected chi connectivity index (χ3v) is 5.32. The highest BCUT2D eigenvalue weighted by Gasteiger charge is 2.15. The van der Waals surface area contributed by atoms with Gasteiger partial charge in [0.15, 0.2) is 11.5 Å². The number of amides is 1. The molecule has 0 radical (unpaired) electrons. The number of allylic oxidation sites excluding steroid dienone is 1. The lowest BCUT2D eigenvalue weighted by molar-refractivity contribution is -0.119. The van der Waals surface area contributed by atoms with Crippen LogP contribution in [0.4, 0.5) is 5.69 Å². The SMILES string of the molecule is COc1ccc(/C=C(/C#N)c2cc(OC)c(OC)c(OC)c2)cc1N.Cl.NC(=O)[C@@H](N)Cc1ccccc1. The molecule has 0 unspecified atom stereocenters. The summed E-state index contributed by atoms with van der Waals surface area (Å²) in [7, 11) is 6.14. The number of carbonyl (C=O) groups excluding carboxylic acids is 1. The number of hydrogen-bond donors (Lipinski definition) is 3. The molecule has 0 aromatic heterocycles. The fourth-order valence-corrected chi connectivity index (χ4v) is 3.39. The summed E-state index contributed by atoms with van der Waals surface area (Å²) in [4.78, 5) is 10.6. The number of anilines is 1. The molecular weight excluding hydrogens is 508 g/mol. The Bertz CT molecular complexity index is 1250. The molecule has 3 aromatic rings. The van der Waals surface area contributed by atoms with Crippen molar-refractivity contribution >= 4 is 35.7 Å². The van der Waals surface area contributed by atoms with Crippen LogP contribution in [0.2, 0.25) is 0 Å². The van der Waals surface area contributed by atoms with Gasteiger partial charge in [-0.05, 0) is 53.5 Å². The molecule has 6 N–H and O–H groups in total. The first kappa shape index (κ1) is 31.6. The van der Waals surface area contributed by atoms with E-state index in [1.54, 1.807) is 37.5 Å². The first-order valence-corrected chi connectivity index (χ1v) is 11.2. The summed E-state index contributed by atoms with van der Waals surface area (Å²) in [5.41, 5.74) is 19.8. The Morgan fingerprint density at radius 2 is 1.50 bits per heavy atom. The van der Waals surface area contributed by atoms with E-state index in [2.05, 4.69) is 6.07 Å². The Kier molecular flexibility index (Phi) is 13.0. The molecule has 10 heteroatoms. The van der Waals surface area contributed by atoms with Gasteiger partial charge >= 0.3 is 0 Å². The highest BCUT2D eigenvalue weighted by Crippen LogP contribution is 2.40. The number of nitriles is 1. The van der Waals surface area contributed by atoms with Crippen molar-refractivity contribution in [2.24, 2.45) is 11.5 Å².